The maximum atomic E-state index is 13.0. The molecule has 0 bridgehead atoms. The second-order valence-corrected chi connectivity index (χ2v) is 7.03. The molecule has 2 aromatic rings. The van der Waals surface area contributed by atoms with E-state index in [4.69, 9.17) is 0 Å². The summed E-state index contributed by atoms with van der Waals surface area (Å²) in [6.07, 6.45) is 6.48. The molecule has 4 rings (SSSR count). The molecular formula is C21H23N3O2. The molecule has 5 heteroatoms. The van der Waals surface area contributed by atoms with E-state index in [0.29, 0.717) is 24.6 Å². The van der Waals surface area contributed by atoms with E-state index in [1.165, 1.54) is 0 Å². The highest BCUT2D eigenvalue weighted by Crippen LogP contribution is 2.30. The smallest absolute Gasteiger partial charge is 0.254 e. The molecule has 0 N–H and O–H groups in total. The molecule has 1 saturated carbocycles. The van der Waals surface area contributed by atoms with Crippen LogP contribution in [0.3, 0.4) is 0 Å². The largest absolute Gasteiger partial charge is 0.330 e. The van der Waals surface area contributed by atoms with E-state index in [2.05, 4.69) is 4.98 Å². The topological polar surface area (TPSA) is 53.5 Å². The van der Waals surface area contributed by atoms with Crippen LogP contribution < -0.4 is 4.90 Å². The number of aromatic nitrogens is 1. The molecule has 2 heterocycles. The fourth-order valence-corrected chi connectivity index (χ4v) is 3.45. The van der Waals surface area contributed by atoms with Gasteiger partial charge in [0.05, 0.1) is 12.2 Å². The van der Waals surface area contributed by atoms with Gasteiger partial charge in [-0.15, -0.1) is 0 Å². The third kappa shape index (κ3) is 3.62. The summed E-state index contributed by atoms with van der Waals surface area (Å²) in [5, 5.41) is 0. The molecule has 2 amide bonds. The van der Waals surface area contributed by atoms with E-state index in [1.807, 2.05) is 52.3 Å². The number of hydrogen-bond donors (Lipinski definition) is 0. The third-order valence-corrected chi connectivity index (χ3v) is 5.06. The SMILES string of the molecule is O=C1CCCCN1c1ccc(C(=O)N(Cc2ccccn2)C2CC2)cc1. The summed E-state index contributed by atoms with van der Waals surface area (Å²) in [5.41, 5.74) is 2.46. The van der Waals surface area contributed by atoms with Crippen molar-refractivity contribution in [2.24, 2.45) is 0 Å². The number of benzene rings is 1. The molecular weight excluding hydrogens is 326 g/mol. The second-order valence-electron chi connectivity index (χ2n) is 7.03. The lowest BCUT2D eigenvalue weighted by Crippen LogP contribution is -2.35. The maximum absolute atomic E-state index is 13.0. The van der Waals surface area contributed by atoms with Gasteiger partial charge in [-0.25, -0.2) is 0 Å². The summed E-state index contributed by atoms with van der Waals surface area (Å²) >= 11 is 0. The fraction of sp³-hybridized carbons (Fsp3) is 0.381. The van der Waals surface area contributed by atoms with E-state index in [9.17, 15) is 9.59 Å². The Kier molecular flexibility index (Phi) is 4.69. The average molecular weight is 349 g/mol. The Balaban J connectivity index is 1.50. The number of piperidine rings is 1. The van der Waals surface area contributed by atoms with E-state index in [-0.39, 0.29) is 11.8 Å². The minimum atomic E-state index is 0.0367. The van der Waals surface area contributed by atoms with E-state index in [1.54, 1.807) is 6.20 Å². The van der Waals surface area contributed by atoms with Crippen molar-refractivity contribution in [2.75, 3.05) is 11.4 Å². The van der Waals surface area contributed by atoms with Crippen molar-refractivity contribution in [3.8, 4) is 0 Å². The highest BCUT2D eigenvalue weighted by molar-refractivity contribution is 5.97. The van der Waals surface area contributed by atoms with Crippen LogP contribution in [0, 0.1) is 0 Å². The van der Waals surface area contributed by atoms with Crippen molar-refractivity contribution in [1.82, 2.24) is 9.88 Å². The van der Waals surface area contributed by atoms with Crippen LogP contribution in [0.25, 0.3) is 0 Å². The molecule has 1 saturated heterocycles. The first-order valence-electron chi connectivity index (χ1n) is 9.34. The van der Waals surface area contributed by atoms with Crippen molar-refractivity contribution in [3.63, 3.8) is 0 Å². The number of amides is 2. The Morgan fingerprint density at radius 2 is 1.92 bits per heavy atom. The highest BCUT2D eigenvalue weighted by atomic mass is 16.2. The van der Waals surface area contributed by atoms with Crippen molar-refractivity contribution in [3.05, 3.63) is 59.9 Å². The molecule has 2 fully saturated rings. The van der Waals surface area contributed by atoms with Gasteiger partial charge in [0.15, 0.2) is 0 Å². The lowest BCUT2D eigenvalue weighted by atomic mass is 10.1. The molecule has 134 valence electrons. The number of anilines is 1. The van der Waals surface area contributed by atoms with E-state index in [0.717, 1.165) is 43.6 Å². The van der Waals surface area contributed by atoms with E-state index >= 15 is 0 Å². The second kappa shape index (κ2) is 7.28. The molecule has 0 unspecified atom stereocenters. The minimum absolute atomic E-state index is 0.0367. The van der Waals surface area contributed by atoms with Gasteiger partial charge in [0.25, 0.3) is 5.91 Å². The molecule has 1 aromatic heterocycles. The number of hydrogen-bond acceptors (Lipinski definition) is 3. The van der Waals surface area contributed by atoms with Gasteiger partial charge in [-0.1, -0.05) is 6.07 Å². The Hall–Kier alpha value is -2.69. The van der Waals surface area contributed by atoms with Crippen molar-refractivity contribution >= 4 is 17.5 Å². The summed E-state index contributed by atoms with van der Waals surface area (Å²) in [7, 11) is 0. The van der Waals surface area contributed by atoms with Crippen LogP contribution >= 0.6 is 0 Å². The molecule has 5 nitrogen and oxygen atoms in total. The Labute approximate surface area is 153 Å². The van der Waals surface area contributed by atoms with Crippen molar-refractivity contribution in [1.29, 1.82) is 0 Å². The predicted octanol–water partition coefficient (Wildman–Crippen LogP) is 3.40. The van der Waals surface area contributed by atoms with Crippen LogP contribution in [0.15, 0.2) is 48.7 Å². The van der Waals surface area contributed by atoms with Crippen molar-refractivity contribution in [2.45, 2.75) is 44.7 Å². The zero-order chi connectivity index (χ0) is 17.9. The number of rotatable bonds is 5. The number of pyridine rings is 1. The van der Waals surface area contributed by atoms with Gasteiger partial charge >= 0.3 is 0 Å². The molecule has 1 aromatic carbocycles. The zero-order valence-corrected chi connectivity index (χ0v) is 14.8. The number of nitrogens with zero attached hydrogens (tertiary/aromatic N) is 3. The summed E-state index contributed by atoms with van der Waals surface area (Å²) in [5.74, 6) is 0.208. The molecule has 1 aliphatic heterocycles. The lowest BCUT2D eigenvalue weighted by molar-refractivity contribution is -0.119. The van der Waals surface area contributed by atoms with Crippen LogP contribution in [-0.4, -0.2) is 34.3 Å². The first kappa shape index (κ1) is 16.8. The molecule has 2 aliphatic rings. The third-order valence-electron chi connectivity index (χ3n) is 5.06. The molecule has 0 radical (unpaired) electrons. The normalized spacial score (nSPS) is 17.2. The summed E-state index contributed by atoms with van der Waals surface area (Å²) < 4.78 is 0. The van der Waals surface area contributed by atoms with Crippen LogP contribution in [0.5, 0.6) is 0 Å². The Bertz CT molecular complexity index is 785. The van der Waals surface area contributed by atoms with Gasteiger partial charge in [-0.2, -0.15) is 0 Å². The monoisotopic (exact) mass is 349 g/mol. The van der Waals surface area contributed by atoms with Gasteiger partial charge in [-0.05, 0) is 62.1 Å². The Morgan fingerprint density at radius 3 is 2.58 bits per heavy atom. The first-order chi connectivity index (χ1) is 12.7. The average Bonchev–Trinajstić information content (AvgIpc) is 3.52. The molecule has 0 atom stereocenters. The lowest BCUT2D eigenvalue weighted by Gasteiger charge is -2.27. The summed E-state index contributed by atoms with van der Waals surface area (Å²) in [6, 6.07) is 13.6. The maximum Gasteiger partial charge on any atom is 0.254 e. The van der Waals surface area contributed by atoms with Crippen LogP contribution in [-0.2, 0) is 11.3 Å². The van der Waals surface area contributed by atoms with Crippen LogP contribution in [0.4, 0.5) is 5.69 Å². The van der Waals surface area contributed by atoms with Gasteiger partial charge in [-0.3, -0.25) is 14.6 Å². The highest BCUT2D eigenvalue weighted by Gasteiger charge is 2.33. The quantitative estimate of drug-likeness (QED) is 0.831. The van der Waals surface area contributed by atoms with Crippen molar-refractivity contribution < 1.29 is 9.59 Å². The predicted molar refractivity (Wildman–Crippen MR) is 99.8 cm³/mol. The standard InChI is InChI=1S/C21H23N3O2/c25-20-6-2-4-14-23(20)18-9-7-16(8-10-18)21(26)24(19-11-12-19)15-17-5-1-3-13-22-17/h1,3,5,7-10,13,19H,2,4,6,11-12,14-15H2. The van der Waals surface area contributed by atoms with Crippen LogP contribution in [0.1, 0.15) is 48.2 Å². The minimum Gasteiger partial charge on any atom is -0.330 e. The Morgan fingerprint density at radius 1 is 1.12 bits per heavy atom. The number of carbonyl (C=O) groups is 2. The first-order valence-corrected chi connectivity index (χ1v) is 9.34. The molecule has 1 aliphatic carbocycles. The van der Waals surface area contributed by atoms with Gasteiger partial charge in [0, 0.05) is 36.5 Å². The summed E-state index contributed by atoms with van der Waals surface area (Å²) in [4.78, 5) is 33.2. The zero-order valence-electron chi connectivity index (χ0n) is 14.8. The van der Waals surface area contributed by atoms with Gasteiger partial charge < -0.3 is 9.80 Å². The fourth-order valence-electron chi connectivity index (χ4n) is 3.45. The van der Waals surface area contributed by atoms with Gasteiger partial charge in [0.1, 0.15) is 0 Å². The van der Waals surface area contributed by atoms with Gasteiger partial charge in [0.2, 0.25) is 5.91 Å². The summed E-state index contributed by atoms with van der Waals surface area (Å²) in [6.45, 7) is 1.30. The number of carbonyl (C=O) groups excluding carboxylic acids is 2. The van der Waals surface area contributed by atoms with Crippen LogP contribution in [0.2, 0.25) is 0 Å². The molecule has 0 spiro atoms. The molecule has 26 heavy (non-hydrogen) atoms. The van der Waals surface area contributed by atoms with E-state index < -0.39 is 0 Å².